The molecule has 0 aliphatic carbocycles. The Hall–Kier alpha value is -0.790. The van der Waals surface area contributed by atoms with Crippen LogP contribution >= 0.6 is 0 Å². The van der Waals surface area contributed by atoms with Crippen LogP contribution in [0.3, 0.4) is 0 Å². The Morgan fingerprint density at radius 3 is 2.54 bits per heavy atom. The molecule has 1 aliphatic rings. The van der Waals surface area contributed by atoms with Gasteiger partial charge in [0.15, 0.2) is 0 Å². The van der Waals surface area contributed by atoms with Gasteiger partial charge in [0, 0.05) is 12.6 Å². The van der Waals surface area contributed by atoms with Gasteiger partial charge < -0.3 is 5.32 Å². The van der Waals surface area contributed by atoms with Crippen LogP contribution in [0.4, 0.5) is 0 Å². The van der Waals surface area contributed by atoms with E-state index in [1.165, 1.54) is 5.57 Å². The van der Waals surface area contributed by atoms with Gasteiger partial charge in [0.2, 0.25) is 0 Å². The number of amidine groups is 1. The summed E-state index contributed by atoms with van der Waals surface area (Å²) in [7, 11) is 0. The molecule has 2 nitrogen and oxygen atoms in total. The lowest BCUT2D eigenvalue weighted by molar-refractivity contribution is 0.327. The fourth-order valence-electron chi connectivity index (χ4n) is 1.66. The topological polar surface area (TPSA) is 24.4 Å². The van der Waals surface area contributed by atoms with Gasteiger partial charge in [-0.05, 0) is 17.9 Å². The lowest BCUT2D eigenvalue weighted by Gasteiger charge is -2.35. The maximum atomic E-state index is 4.34. The number of hydrogen-bond donors (Lipinski definition) is 1. The molecule has 2 heteroatoms. The van der Waals surface area contributed by atoms with Gasteiger partial charge in [-0.2, -0.15) is 0 Å². The number of rotatable bonds is 1. The zero-order valence-electron chi connectivity index (χ0n) is 9.31. The van der Waals surface area contributed by atoms with Crippen molar-refractivity contribution in [1.82, 2.24) is 5.32 Å². The fourth-order valence-corrected chi connectivity index (χ4v) is 1.66. The van der Waals surface area contributed by atoms with Gasteiger partial charge in [-0.25, -0.2) is 4.99 Å². The maximum Gasteiger partial charge on any atom is 0.102 e. The van der Waals surface area contributed by atoms with Gasteiger partial charge in [0.1, 0.15) is 5.84 Å². The SMILES string of the molecule is CCC1=NC=C(C)C(C(C)(C)C)N1. The van der Waals surface area contributed by atoms with Gasteiger partial charge >= 0.3 is 0 Å². The third-order valence-corrected chi connectivity index (χ3v) is 2.39. The highest BCUT2D eigenvalue weighted by molar-refractivity contribution is 5.84. The van der Waals surface area contributed by atoms with Crippen molar-refractivity contribution in [2.24, 2.45) is 10.4 Å². The van der Waals surface area contributed by atoms with Crippen LogP contribution in [0.15, 0.2) is 16.8 Å². The molecule has 0 amide bonds. The molecule has 0 aromatic heterocycles. The summed E-state index contributed by atoms with van der Waals surface area (Å²) >= 11 is 0. The minimum absolute atomic E-state index is 0.261. The minimum atomic E-state index is 0.261. The molecule has 1 unspecified atom stereocenters. The summed E-state index contributed by atoms with van der Waals surface area (Å²) in [5.41, 5.74) is 1.58. The van der Waals surface area contributed by atoms with Crippen molar-refractivity contribution in [2.45, 2.75) is 47.1 Å². The highest BCUT2D eigenvalue weighted by atomic mass is 15.0. The van der Waals surface area contributed by atoms with Gasteiger partial charge in [-0.3, -0.25) is 0 Å². The highest BCUT2D eigenvalue weighted by Crippen LogP contribution is 2.26. The van der Waals surface area contributed by atoms with Crippen LogP contribution in [0.25, 0.3) is 0 Å². The molecule has 74 valence electrons. The van der Waals surface area contributed by atoms with Crippen LogP contribution in [0.1, 0.15) is 41.0 Å². The maximum absolute atomic E-state index is 4.34. The van der Waals surface area contributed by atoms with E-state index in [9.17, 15) is 0 Å². The molecular weight excluding hydrogens is 160 g/mol. The van der Waals surface area contributed by atoms with E-state index in [1.54, 1.807) is 0 Å². The predicted octanol–water partition coefficient (Wildman–Crippen LogP) is 2.72. The summed E-state index contributed by atoms with van der Waals surface area (Å²) in [4.78, 5) is 4.34. The van der Waals surface area contributed by atoms with E-state index < -0.39 is 0 Å². The first-order chi connectivity index (χ1) is 5.95. The number of nitrogens with one attached hydrogen (secondary N) is 1. The van der Waals surface area contributed by atoms with Crippen LogP contribution in [0.5, 0.6) is 0 Å². The van der Waals surface area contributed by atoms with E-state index in [0.29, 0.717) is 6.04 Å². The molecule has 0 saturated carbocycles. The number of nitrogens with zero attached hydrogens (tertiary/aromatic N) is 1. The zero-order chi connectivity index (χ0) is 10.1. The van der Waals surface area contributed by atoms with Crippen molar-refractivity contribution < 1.29 is 0 Å². The third-order valence-electron chi connectivity index (χ3n) is 2.39. The summed E-state index contributed by atoms with van der Waals surface area (Å²) < 4.78 is 0. The first-order valence-electron chi connectivity index (χ1n) is 4.95. The van der Waals surface area contributed by atoms with Crippen molar-refractivity contribution >= 4 is 5.84 Å². The summed E-state index contributed by atoms with van der Waals surface area (Å²) in [5, 5.41) is 3.47. The van der Waals surface area contributed by atoms with E-state index in [1.807, 2.05) is 6.20 Å². The first-order valence-corrected chi connectivity index (χ1v) is 4.95. The lowest BCUT2D eigenvalue weighted by Crippen LogP contribution is -2.45. The van der Waals surface area contributed by atoms with Gasteiger partial charge in [0.25, 0.3) is 0 Å². The second kappa shape index (κ2) is 3.52. The standard InChI is InChI=1S/C11H20N2/c1-6-9-12-7-8(2)10(13-9)11(3,4)5/h7,10H,6H2,1-5H3,(H,12,13). The van der Waals surface area contributed by atoms with Crippen LogP contribution in [0, 0.1) is 5.41 Å². The normalized spacial score (nSPS) is 23.3. The zero-order valence-corrected chi connectivity index (χ0v) is 9.31. The average molecular weight is 180 g/mol. The van der Waals surface area contributed by atoms with E-state index in [-0.39, 0.29) is 5.41 Å². The van der Waals surface area contributed by atoms with E-state index in [2.05, 4.69) is 44.9 Å². The van der Waals surface area contributed by atoms with Crippen molar-refractivity contribution in [3.8, 4) is 0 Å². The van der Waals surface area contributed by atoms with Crippen LogP contribution in [-0.2, 0) is 0 Å². The molecule has 0 saturated heterocycles. The molecule has 1 atom stereocenters. The van der Waals surface area contributed by atoms with Gasteiger partial charge in [-0.15, -0.1) is 0 Å². The Bertz CT molecular complexity index is 243. The quantitative estimate of drug-likeness (QED) is 0.659. The van der Waals surface area contributed by atoms with Gasteiger partial charge in [0.05, 0.1) is 6.04 Å². The summed E-state index contributed by atoms with van der Waals surface area (Å²) in [6.07, 6.45) is 2.97. The second-order valence-electron chi connectivity index (χ2n) is 4.75. The van der Waals surface area contributed by atoms with Crippen molar-refractivity contribution in [2.75, 3.05) is 0 Å². The molecule has 0 fully saturated rings. The first kappa shape index (κ1) is 10.3. The third kappa shape index (κ3) is 2.33. The number of aliphatic imine (C=N–C) groups is 1. The molecule has 1 aliphatic heterocycles. The van der Waals surface area contributed by atoms with Crippen molar-refractivity contribution in [1.29, 1.82) is 0 Å². The molecule has 0 aromatic rings. The Morgan fingerprint density at radius 1 is 1.46 bits per heavy atom. The monoisotopic (exact) mass is 180 g/mol. The Balaban J connectivity index is 2.83. The Kier molecular flexibility index (Phi) is 2.79. The largest absolute Gasteiger partial charge is 0.366 e. The molecule has 1 heterocycles. The fraction of sp³-hybridized carbons (Fsp3) is 0.727. The average Bonchev–Trinajstić information content (AvgIpc) is 2.03. The minimum Gasteiger partial charge on any atom is -0.366 e. The lowest BCUT2D eigenvalue weighted by atomic mass is 9.82. The highest BCUT2D eigenvalue weighted by Gasteiger charge is 2.28. The van der Waals surface area contributed by atoms with E-state index in [4.69, 9.17) is 0 Å². The Labute approximate surface area is 81.1 Å². The van der Waals surface area contributed by atoms with Crippen LogP contribution < -0.4 is 5.32 Å². The molecule has 0 bridgehead atoms. The van der Waals surface area contributed by atoms with Gasteiger partial charge in [-0.1, -0.05) is 27.7 Å². The predicted molar refractivity (Wildman–Crippen MR) is 57.9 cm³/mol. The molecule has 0 aromatic carbocycles. The van der Waals surface area contributed by atoms with Crippen molar-refractivity contribution in [3.05, 3.63) is 11.8 Å². The van der Waals surface area contributed by atoms with E-state index >= 15 is 0 Å². The molecular formula is C11H20N2. The smallest absolute Gasteiger partial charge is 0.102 e. The summed E-state index contributed by atoms with van der Waals surface area (Å²) in [5.74, 6) is 1.10. The molecule has 0 spiro atoms. The second-order valence-corrected chi connectivity index (χ2v) is 4.75. The van der Waals surface area contributed by atoms with E-state index in [0.717, 1.165) is 12.3 Å². The molecule has 1 rings (SSSR count). The Morgan fingerprint density at radius 2 is 2.08 bits per heavy atom. The van der Waals surface area contributed by atoms with Crippen LogP contribution in [0.2, 0.25) is 0 Å². The van der Waals surface area contributed by atoms with Crippen molar-refractivity contribution in [3.63, 3.8) is 0 Å². The van der Waals surface area contributed by atoms with Crippen LogP contribution in [-0.4, -0.2) is 11.9 Å². The summed E-state index contributed by atoms with van der Waals surface area (Å²) in [6.45, 7) is 11.0. The summed E-state index contributed by atoms with van der Waals surface area (Å²) in [6, 6.07) is 0.431. The molecule has 1 N–H and O–H groups in total. The molecule has 0 radical (unpaired) electrons. The molecule has 13 heavy (non-hydrogen) atoms. The number of hydrogen-bond acceptors (Lipinski definition) is 2.